The van der Waals surface area contributed by atoms with Gasteiger partial charge in [0.15, 0.2) is 0 Å². The summed E-state index contributed by atoms with van der Waals surface area (Å²) in [5, 5.41) is 8.27. The Bertz CT molecular complexity index is 1750. The molecule has 1 saturated heterocycles. The van der Waals surface area contributed by atoms with Gasteiger partial charge < -0.3 is 23.5 Å². The van der Waals surface area contributed by atoms with Crippen LogP contribution in [0.25, 0.3) is 0 Å². The van der Waals surface area contributed by atoms with Crippen molar-refractivity contribution in [1.29, 1.82) is 0 Å². The Morgan fingerprint density at radius 3 is 1.37 bits per heavy atom. The van der Waals surface area contributed by atoms with E-state index in [0.717, 1.165) is 11.8 Å². The molecule has 1 heterocycles. The fourth-order valence-corrected chi connectivity index (χ4v) is 6.56. The lowest BCUT2D eigenvalue weighted by molar-refractivity contribution is -0.164. The van der Waals surface area contributed by atoms with Gasteiger partial charge in [0, 0.05) is 58.1 Å². The minimum atomic E-state index is -3.61. The maximum absolute atomic E-state index is 11.7. The van der Waals surface area contributed by atoms with E-state index in [1.165, 1.54) is 14.2 Å². The molecule has 59 heavy (non-hydrogen) atoms. The van der Waals surface area contributed by atoms with Gasteiger partial charge in [0.25, 0.3) is 17.4 Å². The third-order valence-electron chi connectivity index (χ3n) is 6.30. The van der Waals surface area contributed by atoms with E-state index in [0.29, 0.717) is 24.3 Å². The van der Waals surface area contributed by atoms with Gasteiger partial charge in [0.1, 0.15) is 8.65 Å². The number of hydrogen-bond acceptors (Lipinski definition) is 15. The fraction of sp³-hybridized carbons (Fsp3) is 0.733. The zero-order chi connectivity index (χ0) is 49.0. The lowest BCUT2D eigenvalue weighted by atomic mass is 10.1. The van der Waals surface area contributed by atoms with E-state index in [1.54, 1.807) is 34.6 Å². The molecule has 29 heteroatoms. The van der Waals surface area contributed by atoms with Crippen molar-refractivity contribution in [1.82, 2.24) is 0 Å². The highest BCUT2D eigenvalue weighted by atomic mass is 79.9. The SMILES string of the molecule is CC(Br)[P+](=O)[O-].CC(C)(Br)C(=O)O.CC(C)(Br)C(=O)O[Si](C)(C)C(C)(C)C.COP(=O)(Cl)OC.CS(=O)(=O)Cl.Cc1cc(C)c(S(=O)(=O)Cl)c(C)c1.O=P1(Cl)OCCO1. The van der Waals surface area contributed by atoms with Crippen LogP contribution < -0.4 is 4.89 Å². The summed E-state index contributed by atoms with van der Waals surface area (Å²) in [6.45, 7) is 18.7. The summed E-state index contributed by atoms with van der Waals surface area (Å²) < 4.78 is 92.5. The van der Waals surface area contributed by atoms with E-state index >= 15 is 0 Å². The summed E-state index contributed by atoms with van der Waals surface area (Å²) in [5.74, 6) is -1.00. The van der Waals surface area contributed by atoms with Crippen LogP contribution in [0.1, 0.15) is 72.1 Å². The summed E-state index contributed by atoms with van der Waals surface area (Å²) in [6, 6.07) is 3.62. The molecule has 0 spiro atoms. The molecule has 0 amide bonds. The number of aryl methyl sites for hydroxylation is 3. The van der Waals surface area contributed by atoms with E-state index in [9.17, 15) is 45.0 Å². The number of carbonyl (C=O) groups is 2. The van der Waals surface area contributed by atoms with Gasteiger partial charge in [-0.1, -0.05) is 74.9 Å². The molecule has 1 aromatic carbocycles. The lowest BCUT2D eigenvalue weighted by Gasteiger charge is -2.37. The van der Waals surface area contributed by atoms with Crippen molar-refractivity contribution in [3.63, 3.8) is 0 Å². The molecule has 2 unspecified atom stereocenters. The van der Waals surface area contributed by atoms with E-state index < -0.39 is 63.0 Å². The standard InChI is InChI=1S/C10H21BrO2Si.C9H11ClO2S.C4H7BrO2.C2H4BrO2P.C2H4ClO3P.C2H6ClO3P.CH3ClO2S/c1-9(2,3)14(6,7)13-8(12)10(4,5)11;1-6-4-7(2)9(8(3)5-6)13(10,11)12;1-4(2,5)3(6)7;1-2(3)6(4)5;3-7(4)5-1-2-6-7;1-5-7(3,4)6-2;1-5(2,3)4/h1-7H3;4-5H,1-3H3;1-2H3,(H,6,7);2H,1H3;1-2H2;1-2H3;1H3. The molecule has 0 aliphatic carbocycles. The van der Waals surface area contributed by atoms with Crippen LogP contribution >= 0.6 is 114 Å². The highest BCUT2D eigenvalue weighted by Crippen LogP contribution is 2.56. The first-order valence-electron chi connectivity index (χ1n) is 16.2. The monoisotopic (exact) mass is 1230 g/mol. The van der Waals surface area contributed by atoms with Gasteiger partial charge in [-0.25, -0.2) is 26.0 Å². The van der Waals surface area contributed by atoms with Crippen LogP contribution in [-0.2, 0) is 63.9 Å². The zero-order valence-electron chi connectivity index (χ0n) is 35.5. The Labute approximate surface area is 396 Å². The number of carbonyl (C=O) groups excluding carboxylic acids is 1. The maximum atomic E-state index is 11.7. The first-order chi connectivity index (χ1) is 25.6. The number of halogens is 7. The second-order valence-corrected chi connectivity index (χ2v) is 37.1. The van der Waals surface area contributed by atoms with Gasteiger partial charge in [-0.3, -0.25) is 18.6 Å². The van der Waals surface area contributed by atoms with Crippen molar-refractivity contribution in [2.45, 2.75) is 112 Å². The van der Waals surface area contributed by atoms with Gasteiger partial charge in [-0.05, 0) is 101 Å². The number of hydrogen-bond donors (Lipinski definition) is 1. The predicted octanol–water partition coefficient (Wildman–Crippen LogP) is 11.5. The van der Waals surface area contributed by atoms with Crippen molar-refractivity contribution in [2.75, 3.05) is 33.7 Å². The number of alkyl halides is 3. The van der Waals surface area contributed by atoms with E-state index in [2.05, 4.69) is 110 Å². The van der Waals surface area contributed by atoms with Crippen molar-refractivity contribution < 1.29 is 72.6 Å². The van der Waals surface area contributed by atoms with Crippen LogP contribution in [0.15, 0.2) is 17.0 Å². The Morgan fingerprint density at radius 2 is 1.24 bits per heavy atom. The quantitative estimate of drug-likeness (QED) is 0.115. The van der Waals surface area contributed by atoms with Gasteiger partial charge >= 0.3 is 33.9 Å². The first-order valence-corrected chi connectivity index (χ1v) is 32.7. The van der Waals surface area contributed by atoms with Gasteiger partial charge in [0.05, 0.1) is 24.4 Å². The van der Waals surface area contributed by atoms with Crippen LogP contribution in [0.5, 0.6) is 0 Å². The van der Waals surface area contributed by atoms with Crippen molar-refractivity contribution in [2.24, 2.45) is 0 Å². The summed E-state index contributed by atoms with van der Waals surface area (Å²) >= 11 is 19.2. The minimum absolute atomic E-state index is 0.0703. The molecule has 1 fully saturated rings. The van der Waals surface area contributed by atoms with Crippen molar-refractivity contribution in [3.05, 3.63) is 28.8 Å². The van der Waals surface area contributed by atoms with Crippen LogP contribution in [0.4, 0.5) is 0 Å². The Morgan fingerprint density at radius 1 is 0.949 bits per heavy atom. The molecular formula is C30H56Br3Cl4O16P3S2Si. The van der Waals surface area contributed by atoms with Crippen LogP contribution in [0.2, 0.25) is 18.1 Å². The molecule has 0 bridgehead atoms. The zero-order valence-corrected chi connectivity index (χ0v) is 48.6. The largest absolute Gasteiger partial charge is 0.595 e. The van der Waals surface area contributed by atoms with E-state index in [-0.39, 0.29) is 20.5 Å². The molecule has 0 aromatic heterocycles. The highest BCUT2D eigenvalue weighted by Gasteiger charge is 2.42. The second kappa shape index (κ2) is 29.7. The molecule has 1 N–H and O–H groups in total. The van der Waals surface area contributed by atoms with Gasteiger partial charge in [-0.15, -0.1) is 0 Å². The number of carboxylic acid groups (broad SMARTS) is 1. The average Bonchev–Trinajstić information content (AvgIpc) is 3.38. The molecule has 0 radical (unpaired) electrons. The summed E-state index contributed by atoms with van der Waals surface area (Å²) in [4.78, 5) is 31.6. The average molecular weight is 1240 g/mol. The van der Waals surface area contributed by atoms with Crippen LogP contribution in [0.3, 0.4) is 0 Å². The molecule has 2 atom stereocenters. The summed E-state index contributed by atoms with van der Waals surface area (Å²) in [5.41, 5.74) is 2.44. The van der Waals surface area contributed by atoms with Crippen molar-refractivity contribution >= 4 is 152 Å². The molecule has 1 aromatic rings. The number of aliphatic carboxylic acids is 1. The Kier molecular flexibility index (Phi) is 34.9. The number of benzene rings is 1. The minimum Gasteiger partial charge on any atom is -0.595 e. The van der Waals surface area contributed by atoms with Crippen LogP contribution in [-0.4, -0.2) is 89.1 Å². The normalized spacial score (nSPS) is 14.7. The van der Waals surface area contributed by atoms with E-state index in [4.69, 9.17) is 42.7 Å². The molecule has 2 rings (SSSR count). The number of rotatable bonds is 7. The fourth-order valence-electron chi connectivity index (χ4n) is 2.46. The summed E-state index contributed by atoms with van der Waals surface area (Å²) in [7, 11) is 1.23. The number of carboxylic acids is 1. The maximum Gasteiger partial charge on any atom is 0.424 e. The van der Waals surface area contributed by atoms with E-state index in [1.807, 2.05) is 32.9 Å². The van der Waals surface area contributed by atoms with Crippen molar-refractivity contribution in [3.8, 4) is 0 Å². The molecular weight excluding hydrogens is 1180 g/mol. The molecule has 1 aliphatic rings. The smallest absolute Gasteiger partial charge is 0.424 e. The lowest BCUT2D eigenvalue weighted by Crippen LogP contribution is -2.46. The second-order valence-electron chi connectivity index (χ2n) is 14.0. The van der Waals surface area contributed by atoms with Gasteiger partial charge in [0.2, 0.25) is 13.6 Å². The molecule has 16 nitrogen and oxygen atoms in total. The predicted molar refractivity (Wildman–Crippen MR) is 250 cm³/mol. The van der Waals surface area contributed by atoms with Gasteiger partial charge in [-0.2, -0.15) is 0 Å². The third kappa shape index (κ3) is 41.7. The molecule has 1 aliphatic heterocycles. The Balaban J connectivity index is -0.000000199. The molecule has 352 valence electrons. The summed E-state index contributed by atoms with van der Waals surface area (Å²) in [6.07, 6.45) is 0.925. The topological polar surface area (TPSA) is 243 Å². The highest BCUT2D eigenvalue weighted by molar-refractivity contribution is 9.10. The molecule has 0 saturated carbocycles. The first kappa shape index (κ1) is 69.3. The van der Waals surface area contributed by atoms with Crippen LogP contribution in [0, 0.1) is 20.8 Å². The third-order valence-corrected chi connectivity index (χ3v) is 17.7. The Hall–Kier alpha value is 1.24.